The highest BCUT2D eigenvalue weighted by atomic mass is 16.5. The fraction of sp³-hybridized carbons (Fsp3) is 0.478. The summed E-state index contributed by atoms with van der Waals surface area (Å²) < 4.78 is 17.2. The van der Waals surface area contributed by atoms with Gasteiger partial charge in [-0.05, 0) is 32.8 Å². The van der Waals surface area contributed by atoms with Crippen molar-refractivity contribution < 1.29 is 23.8 Å². The van der Waals surface area contributed by atoms with Crippen LogP contribution in [0, 0.1) is 0 Å². The summed E-state index contributed by atoms with van der Waals surface area (Å²) in [6, 6.07) is 7.48. The first-order valence-electron chi connectivity index (χ1n) is 10.3. The number of ketones is 1. The van der Waals surface area contributed by atoms with Gasteiger partial charge in [0.15, 0.2) is 5.78 Å². The van der Waals surface area contributed by atoms with E-state index in [4.69, 9.17) is 19.9 Å². The van der Waals surface area contributed by atoms with Gasteiger partial charge in [-0.2, -0.15) is 0 Å². The van der Waals surface area contributed by atoms with E-state index in [9.17, 15) is 9.59 Å². The van der Waals surface area contributed by atoms with Gasteiger partial charge < -0.3 is 19.9 Å². The highest BCUT2D eigenvalue weighted by molar-refractivity contribution is 6.03. The fourth-order valence-electron chi connectivity index (χ4n) is 3.72. The van der Waals surface area contributed by atoms with Gasteiger partial charge in [-0.25, -0.2) is 4.79 Å². The molecule has 0 saturated heterocycles. The number of esters is 1. The molecule has 0 spiro atoms. The molecule has 0 aromatic heterocycles. The summed E-state index contributed by atoms with van der Waals surface area (Å²) in [6.07, 6.45) is 3.34. The van der Waals surface area contributed by atoms with Gasteiger partial charge >= 0.3 is 5.97 Å². The van der Waals surface area contributed by atoms with Gasteiger partial charge in [0, 0.05) is 24.0 Å². The average molecular weight is 399 g/mol. The van der Waals surface area contributed by atoms with Crippen LogP contribution in [0.3, 0.4) is 0 Å². The number of ether oxygens (including phenoxy) is 3. The van der Waals surface area contributed by atoms with Crippen LogP contribution in [0.1, 0.15) is 64.4 Å². The number of carbonyl (C=O) groups excluding carboxylic acids is 2. The van der Waals surface area contributed by atoms with Crippen LogP contribution in [-0.4, -0.2) is 24.5 Å². The molecule has 0 radical (unpaired) electrons. The standard InChI is InChI=1S/C23H29NO5/c1-4-5-13-27-17-11-7-6-9-15(17)19-20-16(25)10-8-12-18(20)29-22(24)21(19)23(26)28-14(2)3/h6-7,9,11,14,19H,4-5,8,10,12-13,24H2,1-3H3/t19-/m1/s1. The zero-order valence-electron chi connectivity index (χ0n) is 17.3. The zero-order valence-corrected chi connectivity index (χ0v) is 17.3. The van der Waals surface area contributed by atoms with Crippen molar-refractivity contribution in [2.45, 2.75) is 64.9 Å². The van der Waals surface area contributed by atoms with E-state index in [0.29, 0.717) is 43.0 Å². The topological polar surface area (TPSA) is 87.8 Å². The predicted molar refractivity (Wildman–Crippen MR) is 109 cm³/mol. The predicted octanol–water partition coefficient (Wildman–Crippen LogP) is 4.11. The molecule has 1 aliphatic carbocycles. The molecule has 1 heterocycles. The number of benzene rings is 1. The van der Waals surface area contributed by atoms with Gasteiger partial charge in [0.05, 0.1) is 18.6 Å². The smallest absolute Gasteiger partial charge is 0.340 e. The molecule has 0 saturated carbocycles. The molecule has 2 aliphatic rings. The molecule has 2 N–H and O–H groups in total. The van der Waals surface area contributed by atoms with E-state index >= 15 is 0 Å². The zero-order chi connectivity index (χ0) is 21.0. The number of hydrogen-bond acceptors (Lipinski definition) is 6. The molecule has 0 fully saturated rings. The minimum absolute atomic E-state index is 0.00235. The first kappa shape index (κ1) is 21.0. The second kappa shape index (κ2) is 9.16. The molecule has 6 nitrogen and oxygen atoms in total. The van der Waals surface area contributed by atoms with E-state index in [1.54, 1.807) is 13.8 Å². The molecule has 1 aromatic carbocycles. The highest BCUT2D eigenvalue weighted by Crippen LogP contribution is 2.46. The number of nitrogens with two attached hydrogens (primary N) is 1. The number of para-hydroxylation sites is 1. The second-order valence-electron chi connectivity index (χ2n) is 7.62. The van der Waals surface area contributed by atoms with Crippen molar-refractivity contribution in [3.8, 4) is 5.75 Å². The summed E-state index contributed by atoms with van der Waals surface area (Å²) in [5.74, 6) is -0.0697. The Bertz CT molecular complexity index is 853. The van der Waals surface area contributed by atoms with Gasteiger partial charge in [0.25, 0.3) is 0 Å². The van der Waals surface area contributed by atoms with E-state index in [2.05, 4.69) is 6.92 Å². The van der Waals surface area contributed by atoms with Crippen LogP contribution in [-0.2, 0) is 19.1 Å². The van der Waals surface area contributed by atoms with Gasteiger partial charge in [-0.1, -0.05) is 31.5 Å². The highest BCUT2D eigenvalue weighted by Gasteiger charge is 2.42. The van der Waals surface area contributed by atoms with Crippen molar-refractivity contribution in [3.63, 3.8) is 0 Å². The van der Waals surface area contributed by atoms with Gasteiger partial charge in [0.2, 0.25) is 5.88 Å². The van der Waals surface area contributed by atoms with E-state index < -0.39 is 11.9 Å². The van der Waals surface area contributed by atoms with Crippen molar-refractivity contribution in [2.75, 3.05) is 6.61 Å². The average Bonchev–Trinajstić information content (AvgIpc) is 2.67. The third-order valence-corrected chi connectivity index (χ3v) is 5.03. The molecule has 0 unspecified atom stereocenters. The quantitative estimate of drug-likeness (QED) is 0.548. The summed E-state index contributed by atoms with van der Waals surface area (Å²) in [4.78, 5) is 25.8. The summed E-state index contributed by atoms with van der Waals surface area (Å²) in [7, 11) is 0. The molecule has 29 heavy (non-hydrogen) atoms. The van der Waals surface area contributed by atoms with Gasteiger partial charge in [0.1, 0.15) is 17.1 Å². The summed E-state index contributed by atoms with van der Waals surface area (Å²) in [5.41, 5.74) is 7.57. The monoisotopic (exact) mass is 399 g/mol. The van der Waals surface area contributed by atoms with Crippen LogP contribution in [0.4, 0.5) is 0 Å². The molecule has 6 heteroatoms. The molecule has 1 aliphatic heterocycles. The third kappa shape index (κ3) is 4.47. The lowest BCUT2D eigenvalue weighted by molar-refractivity contribution is -0.143. The minimum Gasteiger partial charge on any atom is -0.493 e. The lowest BCUT2D eigenvalue weighted by Gasteiger charge is -2.33. The fourth-order valence-corrected chi connectivity index (χ4v) is 3.72. The summed E-state index contributed by atoms with van der Waals surface area (Å²) in [6.45, 7) is 6.19. The molecule has 156 valence electrons. The third-order valence-electron chi connectivity index (χ3n) is 5.03. The van der Waals surface area contributed by atoms with Crippen molar-refractivity contribution in [1.82, 2.24) is 0 Å². The van der Waals surface area contributed by atoms with Gasteiger partial charge in [-0.3, -0.25) is 4.79 Å². The number of carbonyl (C=O) groups is 2. The minimum atomic E-state index is -0.657. The van der Waals surface area contributed by atoms with E-state index in [1.807, 2.05) is 24.3 Å². The summed E-state index contributed by atoms with van der Waals surface area (Å²) >= 11 is 0. The number of unbranched alkanes of at least 4 members (excludes halogenated alkanes) is 1. The van der Waals surface area contributed by atoms with Crippen LogP contribution < -0.4 is 10.5 Å². The van der Waals surface area contributed by atoms with E-state index in [-0.39, 0.29) is 23.3 Å². The Morgan fingerprint density at radius 1 is 1.28 bits per heavy atom. The SMILES string of the molecule is CCCCOc1ccccc1[C@H]1C(C(=O)OC(C)C)=C(N)OC2=C1C(=O)CCC2. The maximum atomic E-state index is 12.9. The number of rotatable bonds is 7. The Morgan fingerprint density at radius 2 is 2.03 bits per heavy atom. The number of Topliss-reactive ketones (excluding diaryl/α,β-unsaturated/α-hetero) is 1. The maximum Gasteiger partial charge on any atom is 0.340 e. The normalized spacial score (nSPS) is 19.2. The van der Waals surface area contributed by atoms with Crippen LogP contribution >= 0.6 is 0 Å². The van der Waals surface area contributed by atoms with Gasteiger partial charge in [-0.15, -0.1) is 0 Å². The molecule has 1 aromatic rings. The Morgan fingerprint density at radius 3 is 2.76 bits per heavy atom. The van der Waals surface area contributed by atoms with Crippen LogP contribution in [0.25, 0.3) is 0 Å². The van der Waals surface area contributed by atoms with Crippen LogP contribution in [0.2, 0.25) is 0 Å². The Balaban J connectivity index is 2.11. The van der Waals surface area contributed by atoms with Crippen LogP contribution in [0.5, 0.6) is 5.75 Å². The maximum absolute atomic E-state index is 12.9. The Kier molecular flexibility index (Phi) is 6.62. The first-order valence-corrected chi connectivity index (χ1v) is 10.3. The lowest BCUT2D eigenvalue weighted by Crippen LogP contribution is -2.32. The summed E-state index contributed by atoms with van der Waals surface area (Å²) in [5, 5.41) is 0. The molecule has 1 atom stereocenters. The number of allylic oxidation sites excluding steroid dienone is 2. The molecule has 0 amide bonds. The van der Waals surface area contributed by atoms with Crippen molar-refractivity contribution in [2.24, 2.45) is 5.73 Å². The van der Waals surface area contributed by atoms with Crippen molar-refractivity contribution >= 4 is 11.8 Å². The largest absolute Gasteiger partial charge is 0.493 e. The Hall–Kier alpha value is -2.76. The molecular weight excluding hydrogens is 370 g/mol. The molecule has 3 rings (SSSR count). The van der Waals surface area contributed by atoms with Crippen LogP contribution in [0.15, 0.2) is 47.1 Å². The number of hydrogen-bond donors (Lipinski definition) is 1. The van der Waals surface area contributed by atoms with E-state index in [1.165, 1.54) is 0 Å². The lowest BCUT2D eigenvalue weighted by atomic mass is 9.77. The molecular formula is C23H29NO5. The first-order chi connectivity index (χ1) is 13.9. The van der Waals surface area contributed by atoms with E-state index in [0.717, 1.165) is 18.4 Å². The Labute approximate surface area is 171 Å². The van der Waals surface area contributed by atoms with Crippen molar-refractivity contribution in [1.29, 1.82) is 0 Å². The molecule has 0 bridgehead atoms. The second-order valence-corrected chi connectivity index (χ2v) is 7.62. The van der Waals surface area contributed by atoms with Crippen molar-refractivity contribution in [3.05, 3.63) is 52.6 Å².